The van der Waals surface area contributed by atoms with E-state index in [-0.39, 0.29) is 12.5 Å². The van der Waals surface area contributed by atoms with Crippen LogP contribution in [-0.4, -0.2) is 38.9 Å². The quantitative estimate of drug-likeness (QED) is 0.675. The molecule has 0 aliphatic heterocycles. The Morgan fingerprint density at radius 1 is 1.29 bits per heavy atom. The maximum atomic E-state index is 12.0. The third-order valence-electron chi connectivity index (χ3n) is 3.34. The van der Waals surface area contributed by atoms with Crippen molar-refractivity contribution in [3.8, 4) is 5.75 Å². The first-order valence-electron chi connectivity index (χ1n) is 7.44. The van der Waals surface area contributed by atoms with E-state index < -0.39 is 6.67 Å². The molecule has 2 rings (SSSR count). The summed E-state index contributed by atoms with van der Waals surface area (Å²) in [6.45, 7) is 1.23. The Labute approximate surface area is 124 Å². The number of alkyl halides is 1. The van der Waals surface area contributed by atoms with Crippen molar-refractivity contribution in [1.82, 2.24) is 5.32 Å². The van der Waals surface area contributed by atoms with Crippen molar-refractivity contribution in [3.63, 3.8) is 0 Å². The van der Waals surface area contributed by atoms with Crippen molar-refractivity contribution < 1.29 is 18.7 Å². The van der Waals surface area contributed by atoms with E-state index >= 15 is 0 Å². The highest BCUT2D eigenvalue weighted by Gasteiger charge is 2.20. The SMILES string of the molecule is O=C(NCCOCCC1CC1)c1cccc(OCCF)c1. The maximum Gasteiger partial charge on any atom is 0.251 e. The highest BCUT2D eigenvalue weighted by molar-refractivity contribution is 5.94. The van der Waals surface area contributed by atoms with Gasteiger partial charge in [-0.05, 0) is 30.5 Å². The molecule has 0 aromatic heterocycles. The van der Waals surface area contributed by atoms with Crippen molar-refractivity contribution in [3.05, 3.63) is 29.8 Å². The minimum atomic E-state index is -0.547. The molecule has 1 aromatic rings. The van der Waals surface area contributed by atoms with Gasteiger partial charge in [-0.25, -0.2) is 4.39 Å². The molecule has 116 valence electrons. The van der Waals surface area contributed by atoms with Gasteiger partial charge in [0, 0.05) is 18.7 Å². The molecule has 1 amide bonds. The van der Waals surface area contributed by atoms with Gasteiger partial charge in [-0.15, -0.1) is 0 Å². The normalized spacial score (nSPS) is 14.0. The van der Waals surface area contributed by atoms with Gasteiger partial charge >= 0.3 is 0 Å². The second-order valence-electron chi connectivity index (χ2n) is 5.17. The fourth-order valence-corrected chi connectivity index (χ4v) is 1.98. The van der Waals surface area contributed by atoms with E-state index in [1.807, 2.05) is 0 Å². The summed E-state index contributed by atoms with van der Waals surface area (Å²) in [5.41, 5.74) is 0.504. The van der Waals surface area contributed by atoms with Gasteiger partial charge in [0.2, 0.25) is 0 Å². The zero-order valence-electron chi connectivity index (χ0n) is 12.1. The molecular formula is C16H22FNO3. The minimum absolute atomic E-state index is 0.0000928. The van der Waals surface area contributed by atoms with Crippen LogP contribution in [0.1, 0.15) is 29.6 Å². The Kier molecular flexibility index (Phi) is 6.47. The Morgan fingerprint density at radius 3 is 2.90 bits per heavy atom. The summed E-state index contributed by atoms with van der Waals surface area (Å²) >= 11 is 0. The Hall–Kier alpha value is -1.62. The average molecular weight is 295 g/mol. The molecule has 0 atom stereocenters. The largest absolute Gasteiger partial charge is 0.491 e. The summed E-state index contributed by atoms with van der Waals surface area (Å²) in [6, 6.07) is 6.73. The monoisotopic (exact) mass is 295 g/mol. The lowest BCUT2D eigenvalue weighted by atomic mass is 10.2. The predicted octanol–water partition coefficient (Wildman–Crippen LogP) is 2.58. The molecule has 21 heavy (non-hydrogen) atoms. The fourth-order valence-electron chi connectivity index (χ4n) is 1.98. The van der Waals surface area contributed by atoms with E-state index in [0.29, 0.717) is 24.5 Å². The maximum absolute atomic E-state index is 12.0. The fraction of sp³-hybridized carbons (Fsp3) is 0.562. The molecule has 0 spiro atoms. The number of carbonyl (C=O) groups is 1. The molecule has 1 N–H and O–H groups in total. The molecule has 0 unspecified atom stereocenters. The Balaban J connectivity index is 1.64. The van der Waals surface area contributed by atoms with E-state index in [0.717, 1.165) is 18.9 Å². The number of nitrogens with one attached hydrogen (secondary N) is 1. The topological polar surface area (TPSA) is 47.6 Å². The molecule has 1 fully saturated rings. The molecule has 0 bridgehead atoms. The van der Waals surface area contributed by atoms with E-state index in [2.05, 4.69) is 5.32 Å². The van der Waals surface area contributed by atoms with E-state index in [9.17, 15) is 9.18 Å². The highest BCUT2D eigenvalue weighted by Crippen LogP contribution is 2.31. The van der Waals surface area contributed by atoms with Crippen molar-refractivity contribution in [2.45, 2.75) is 19.3 Å². The van der Waals surface area contributed by atoms with Crippen LogP contribution in [0.2, 0.25) is 0 Å². The number of carbonyl (C=O) groups excluding carboxylic acids is 1. The third-order valence-corrected chi connectivity index (χ3v) is 3.34. The van der Waals surface area contributed by atoms with Gasteiger partial charge in [0.1, 0.15) is 19.0 Å². The lowest BCUT2D eigenvalue weighted by Crippen LogP contribution is -2.27. The van der Waals surface area contributed by atoms with E-state index in [4.69, 9.17) is 9.47 Å². The lowest BCUT2D eigenvalue weighted by Gasteiger charge is -2.08. The van der Waals surface area contributed by atoms with Crippen LogP contribution in [0.3, 0.4) is 0 Å². The molecule has 4 nitrogen and oxygen atoms in total. The summed E-state index contributed by atoms with van der Waals surface area (Å²) in [7, 11) is 0. The molecule has 0 saturated heterocycles. The molecule has 1 saturated carbocycles. The van der Waals surface area contributed by atoms with Gasteiger partial charge in [-0.1, -0.05) is 18.9 Å². The van der Waals surface area contributed by atoms with Crippen LogP contribution < -0.4 is 10.1 Å². The van der Waals surface area contributed by atoms with Gasteiger partial charge in [-0.2, -0.15) is 0 Å². The molecular weight excluding hydrogens is 273 g/mol. The standard InChI is InChI=1S/C16H22FNO3/c17-7-10-21-15-3-1-2-14(12-15)16(19)18-8-11-20-9-6-13-4-5-13/h1-3,12-13H,4-11H2,(H,18,19). The van der Waals surface area contributed by atoms with Crippen LogP contribution in [0.4, 0.5) is 4.39 Å². The minimum Gasteiger partial charge on any atom is -0.491 e. The molecule has 1 aliphatic carbocycles. The molecule has 1 aromatic carbocycles. The number of hydrogen-bond acceptors (Lipinski definition) is 3. The van der Waals surface area contributed by atoms with Gasteiger partial charge in [0.15, 0.2) is 0 Å². The van der Waals surface area contributed by atoms with Crippen molar-refractivity contribution in [2.75, 3.05) is 33.0 Å². The molecule has 5 heteroatoms. The number of halogens is 1. The zero-order chi connectivity index (χ0) is 14.9. The van der Waals surface area contributed by atoms with Gasteiger partial charge in [0.25, 0.3) is 5.91 Å². The van der Waals surface area contributed by atoms with Crippen LogP contribution in [-0.2, 0) is 4.74 Å². The Morgan fingerprint density at radius 2 is 2.14 bits per heavy atom. The van der Waals surface area contributed by atoms with Crippen LogP contribution in [0.15, 0.2) is 24.3 Å². The highest BCUT2D eigenvalue weighted by atomic mass is 19.1. The second kappa shape index (κ2) is 8.62. The van der Waals surface area contributed by atoms with Gasteiger partial charge in [-0.3, -0.25) is 4.79 Å². The summed E-state index contributed by atoms with van der Waals surface area (Å²) in [4.78, 5) is 11.9. The summed E-state index contributed by atoms with van der Waals surface area (Å²) in [5.74, 6) is 1.19. The zero-order valence-corrected chi connectivity index (χ0v) is 12.1. The summed E-state index contributed by atoms with van der Waals surface area (Å²) in [6.07, 6.45) is 3.80. The number of amides is 1. The molecule has 1 aliphatic rings. The van der Waals surface area contributed by atoms with E-state index in [1.54, 1.807) is 24.3 Å². The van der Waals surface area contributed by atoms with Gasteiger partial charge in [0.05, 0.1) is 6.61 Å². The van der Waals surface area contributed by atoms with Crippen LogP contribution in [0, 0.1) is 5.92 Å². The van der Waals surface area contributed by atoms with Crippen LogP contribution in [0.25, 0.3) is 0 Å². The van der Waals surface area contributed by atoms with Crippen LogP contribution in [0.5, 0.6) is 5.75 Å². The predicted molar refractivity (Wildman–Crippen MR) is 78.4 cm³/mol. The first-order valence-corrected chi connectivity index (χ1v) is 7.44. The number of benzene rings is 1. The molecule has 0 heterocycles. The summed E-state index contributed by atoms with van der Waals surface area (Å²) < 4.78 is 22.7. The molecule has 0 radical (unpaired) electrons. The first-order chi connectivity index (χ1) is 10.3. The Bertz CT molecular complexity index is 449. The van der Waals surface area contributed by atoms with Crippen molar-refractivity contribution in [2.24, 2.45) is 5.92 Å². The third kappa shape index (κ3) is 6.12. The average Bonchev–Trinajstić information content (AvgIpc) is 3.33. The number of rotatable bonds is 10. The smallest absolute Gasteiger partial charge is 0.251 e. The van der Waals surface area contributed by atoms with E-state index in [1.165, 1.54) is 12.8 Å². The number of hydrogen-bond donors (Lipinski definition) is 1. The lowest BCUT2D eigenvalue weighted by molar-refractivity contribution is 0.0910. The van der Waals surface area contributed by atoms with Gasteiger partial charge < -0.3 is 14.8 Å². The van der Waals surface area contributed by atoms with Crippen molar-refractivity contribution in [1.29, 1.82) is 0 Å². The second-order valence-corrected chi connectivity index (χ2v) is 5.17. The first kappa shape index (κ1) is 15.8. The summed E-state index contributed by atoms with van der Waals surface area (Å²) in [5, 5.41) is 2.79. The van der Waals surface area contributed by atoms with Crippen LogP contribution >= 0.6 is 0 Å². The van der Waals surface area contributed by atoms with Crippen molar-refractivity contribution >= 4 is 5.91 Å². The number of ether oxygens (including phenoxy) is 2.